The molecule has 2 aromatic heterocycles. The van der Waals surface area contributed by atoms with E-state index in [0.717, 1.165) is 31.8 Å². The van der Waals surface area contributed by atoms with Crippen LogP contribution < -0.4 is 0 Å². The van der Waals surface area contributed by atoms with E-state index in [-0.39, 0.29) is 0 Å². The molecular weight excluding hydrogens is 324 g/mol. The Morgan fingerprint density at radius 3 is 2.95 bits per heavy atom. The Morgan fingerprint density at radius 1 is 1.26 bits per heavy atom. The van der Waals surface area contributed by atoms with Gasteiger partial charge in [-0.2, -0.15) is 0 Å². The van der Waals surface area contributed by atoms with Crippen molar-refractivity contribution in [1.29, 1.82) is 0 Å². The minimum Gasteiger partial charge on any atom is -0.378 e. The molecule has 2 heterocycles. The van der Waals surface area contributed by atoms with E-state index in [9.17, 15) is 0 Å². The highest BCUT2D eigenvalue weighted by molar-refractivity contribution is 9.10. The molecule has 96 valence electrons. The minimum atomic E-state index is 0.529. The number of rotatable bonds is 3. The first-order chi connectivity index (χ1) is 9.28. The minimum absolute atomic E-state index is 0.529. The van der Waals surface area contributed by atoms with Gasteiger partial charge in [0.15, 0.2) is 0 Å². The van der Waals surface area contributed by atoms with E-state index < -0.39 is 0 Å². The molecule has 0 radical (unpaired) electrons. The van der Waals surface area contributed by atoms with E-state index in [1.165, 1.54) is 0 Å². The number of methoxy groups -OCH3 is 1. The lowest BCUT2D eigenvalue weighted by Gasteiger charge is -2.03. The molecule has 0 saturated carbocycles. The molecular formula is C14H11BrN2OS. The van der Waals surface area contributed by atoms with Gasteiger partial charge in [-0.1, -0.05) is 18.2 Å². The van der Waals surface area contributed by atoms with Crippen molar-refractivity contribution < 1.29 is 4.74 Å². The third-order valence-corrected chi connectivity index (χ3v) is 4.23. The number of halogens is 1. The number of hydrogen-bond acceptors (Lipinski definition) is 4. The fourth-order valence-corrected chi connectivity index (χ4v) is 3.33. The Labute approximate surface area is 123 Å². The van der Waals surface area contributed by atoms with Crippen molar-refractivity contribution in [2.45, 2.75) is 6.61 Å². The van der Waals surface area contributed by atoms with Gasteiger partial charge >= 0.3 is 0 Å². The normalized spacial score (nSPS) is 11.1. The average Bonchev–Trinajstić information content (AvgIpc) is 2.87. The van der Waals surface area contributed by atoms with Crippen molar-refractivity contribution in [1.82, 2.24) is 9.97 Å². The van der Waals surface area contributed by atoms with Crippen LogP contribution in [0.1, 0.15) is 5.69 Å². The van der Waals surface area contributed by atoms with Crippen LogP contribution in [0.3, 0.4) is 0 Å². The molecule has 0 atom stereocenters. The van der Waals surface area contributed by atoms with Crippen molar-refractivity contribution in [3.05, 3.63) is 45.9 Å². The maximum atomic E-state index is 5.09. The van der Waals surface area contributed by atoms with Gasteiger partial charge in [-0.15, -0.1) is 11.3 Å². The van der Waals surface area contributed by atoms with Crippen LogP contribution in [0.15, 0.2) is 40.2 Å². The van der Waals surface area contributed by atoms with Gasteiger partial charge in [0.1, 0.15) is 10.7 Å². The topological polar surface area (TPSA) is 35.0 Å². The molecule has 1 aromatic carbocycles. The molecule has 0 saturated heterocycles. The monoisotopic (exact) mass is 334 g/mol. The second kappa shape index (κ2) is 5.36. The van der Waals surface area contributed by atoms with E-state index in [4.69, 9.17) is 4.74 Å². The van der Waals surface area contributed by atoms with Gasteiger partial charge < -0.3 is 4.74 Å². The number of pyridine rings is 1. The second-order valence-electron chi connectivity index (χ2n) is 4.09. The fraction of sp³-hybridized carbons (Fsp3) is 0.143. The number of nitrogens with zero attached hydrogens (tertiary/aromatic N) is 2. The summed E-state index contributed by atoms with van der Waals surface area (Å²) in [4.78, 5) is 9.22. The van der Waals surface area contributed by atoms with E-state index in [2.05, 4.69) is 38.0 Å². The molecule has 0 aliphatic heterocycles. The maximum absolute atomic E-state index is 5.09. The van der Waals surface area contributed by atoms with Crippen LogP contribution in [0, 0.1) is 0 Å². The van der Waals surface area contributed by atoms with Gasteiger partial charge in [-0.25, -0.2) is 9.97 Å². The van der Waals surface area contributed by atoms with Crippen LogP contribution in [0.25, 0.3) is 21.6 Å². The summed E-state index contributed by atoms with van der Waals surface area (Å²) < 4.78 is 6.05. The van der Waals surface area contributed by atoms with Crippen molar-refractivity contribution in [2.24, 2.45) is 0 Å². The highest BCUT2D eigenvalue weighted by Gasteiger charge is 2.11. The number of hydrogen-bond donors (Lipinski definition) is 0. The predicted octanol–water partition coefficient (Wildman–Crippen LogP) is 4.27. The van der Waals surface area contributed by atoms with Gasteiger partial charge in [-0.05, 0) is 28.1 Å². The Kier molecular flexibility index (Phi) is 3.59. The number of fused-ring (bicyclic) bond motifs is 1. The molecule has 0 spiro atoms. The molecule has 3 nitrogen and oxygen atoms in total. The summed E-state index contributed by atoms with van der Waals surface area (Å²) in [6, 6.07) is 10.1. The lowest BCUT2D eigenvalue weighted by atomic mass is 10.2. The molecule has 0 aliphatic carbocycles. The standard InChI is InChI=1S/C14H11BrN2OS/c1-18-7-10-8-19-14(16-10)13-11(15)6-9-4-2-3-5-12(9)17-13/h2-6,8H,7H2,1H3. The molecule has 3 aromatic rings. The van der Waals surface area contributed by atoms with Crippen LogP contribution >= 0.6 is 27.3 Å². The van der Waals surface area contributed by atoms with Crippen LogP contribution in [0.2, 0.25) is 0 Å². The van der Waals surface area contributed by atoms with Gasteiger partial charge in [0.05, 0.1) is 17.8 Å². The van der Waals surface area contributed by atoms with E-state index in [0.29, 0.717) is 6.61 Å². The van der Waals surface area contributed by atoms with Gasteiger partial charge in [0, 0.05) is 22.3 Å². The Balaban J connectivity index is 2.10. The third kappa shape index (κ3) is 2.54. The van der Waals surface area contributed by atoms with Gasteiger partial charge in [0.2, 0.25) is 0 Å². The molecule has 0 aliphatic rings. The Morgan fingerprint density at radius 2 is 2.11 bits per heavy atom. The maximum Gasteiger partial charge on any atom is 0.143 e. The number of para-hydroxylation sites is 1. The Hall–Kier alpha value is -1.30. The van der Waals surface area contributed by atoms with Crippen molar-refractivity contribution in [3.63, 3.8) is 0 Å². The van der Waals surface area contributed by atoms with E-state index >= 15 is 0 Å². The lowest BCUT2D eigenvalue weighted by Crippen LogP contribution is -1.90. The van der Waals surface area contributed by atoms with E-state index in [1.807, 2.05) is 23.6 Å². The summed E-state index contributed by atoms with van der Waals surface area (Å²) in [5.74, 6) is 0. The summed E-state index contributed by atoms with van der Waals surface area (Å²) in [5, 5.41) is 4.03. The quantitative estimate of drug-likeness (QED) is 0.717. The molecule has 0 N–H and O–H groups in total. The third-order valence-electron chi connectivity index (χ3n) is 2.72. The molecule has 0 unspecified atom stereocenters. The number of aromatic nitrogens is 2. The van der Waals surface area contributed by atoms with Crippen molar-refractivity contribution in [3.8, 4) is 10.7 Å². The first-order valence-corrected chi connectivity index (χ1v) is 7.44. The van der Waals surface area contributed by atoms with Crippen LogP contribution in [0.4, 0.5) is 0 Å². The summed E-state index contributed by atoms with van der Waals surface area (Å²) in [7, 11) is 1.67. The second-order valence-corrected chi connectivity index (χ2v) is 5.80. The smallest absolute Gasteiger partial charge is 0.143 e. The molecule has 3 rings (SSSR count). The van der Waals surface area contributed by atoms with Crippen LogP contribution in [-0.2, 0) is 11.3 Å². The number of thiazole rings is 1. The largest absolute Gasteiger partial charge is 0.378 e. The van der Waals surface area contributed by atoms with Crippen molar-refractivity contribution in [2.75, 3.05) is 7.11 Å². The summed E-state index contributed by atoms with van der Waals surface area (Å²) in [6.45, 7) is 0.529. The molecule has 5 heteroatoms. The van der Waals surface area contributed by atoms with Gasteiger partial charge in [-0.3, -0.25) is 0 Å². The summed E-state index contributed by atoms with van der Waals surface area (Å²) in [5.41, 5.74) is 2.79. The van der Waals surface area contributed by atoms with E-state index in [1.54, 1.807) is 18.4 Å². The molecule has 19 heavy (non-hydrogen) atoms. The highest BCUT2D eigenvalue weighted by atomic mass is 79.9. The SMILES string of the molecule is COCc1csc(-c2nc3ccccc3cc2Br)n1. The zero-order chi connectivity index (χ0) is 13.2. The highest BCUT2D eigenvalue weighted by Crippen LogP contribution is 2.31. The van der Waals surface area contributed by atoms with Crippen LogP contribution in [0.5, 0.6) is 0 Å². The summed E-state index contributed by atoms with van der Waals surface area (Å²) >= 11 is 5.16. The number of benzene rings is 1. The van der Waals surface area contributed by atoms with Crippen molar-refractivity contribution >= 4 is 38.2 Å². The fourth-order valence-electron chi connectivity index (χ4n) is 1.87. The zero-order valence-electron chi connectivity index (χ0n) is 10.3. The zero-order valence-corrected chi connectivity index (χ0v) is 12.7. The first kappa shape index (κ1) is 12.7. The lowest BCUT2D eigenvalue weighted by molar-refractivity contribution is 0.182. The molecule has 0 fully saturated rings. The Bertz CT molecular complexity index is 726. The average molecular weight is 335 g/mol. The van der Waals surface area contributed by atoms with Crippen LogP contribution in [-0.4, -0.2) is 17.1 Å². The molecule has 0 bridgehead atoms. The first-order valence-electron chi connectivity index (χ1n) is 5.77. The molecule has 0 amide bonds. The predicted molar refractivity (Wildman–Crippen MR) is 81.3 cm³/mol. The number of ether oxygens (including phenoxy) is 1. The summed E-state index contributed by atoms with van der Waals surface area (Å²) in [6.07, 6.45) is 0. The van der Waals surface area contributed by atoms with Gasteiger partial charge in [0.25, 0.3) is 0 Å².